The molecule has 7 nitrogen and oxygen atoms in total. The monoisotopic (exact) mass is 401 g/mol. The molecule has 0 N–H and O–H groups in total. The minimum absolute atomic E-state index is 0.195. The summed E-state index contributed by atoms with van der Waals surface area (Å²) >= 11 is 0. The number of rotatable bonds is 5. The van der Waals surface area contributed by atoms with Gasteiger partial charge >= 0.3 is 6.09 Å². The summed E-state index contributed by atoms with van der Waals surface area (Å²) in [4.78, 5) is 20.7. The number of amides is 1. The normalized spacial score (nSPS) is 15.9. The zero-order valence-corrected chi connectivity index (χ0v) is 18.0. The van der Waals surface area contributed by atoms with Crippen molar-refractivity contribution in [2.75, 3.05) is 27.2 Å². The molecule has 1 aromatic heterocycles. The van der Waals surface area contributed by atoms with Gasteiger partial charge in [0.15, 0.2) is 5.76 Å². The molecule has 2 aromatic rings. The molecule has 0 unspecified atom stereocenters. The Morgan fingerprint density at radius 1 is 1.24 bits per heavy atom. The van der Waals surface area contributed by atoms with Crippen molar-refractivity contribution in [3.8, 4) is 17.1 Å². The Morgan fingerprint density at radius 2 is 1.90 bits per heavy atom. The van der Waals surface area contributed by atoms with Gasteiger partial charge in [0, 0.05) is 31.7 Å². The van der Waals surface area contributed by atoms with Crippen molar-refractivity contribution in [1.29, 1.82) is 0 Å². The maximum absolute atomic E-state index is 12.3. The van der Waals surface area contributed by atoms with Gasteiger partial charge in [0.05, 0.1) is 19.9 Å². The number of aromatic nitrogens is 1. The van der Waals surface area contributed by atoms with Crippen LogP contribution in [0.2, 0.25) is 0 Å². The SMILES string of the molecule is COc1ccc(-c2cnc(CN3CCC(N(C)C(=O)OC(C)(C)C)CC3)o2)cc1. The summed E-state index contributed by atoms with van der Waals surface area (Å²) in [6.07, 6.45) is 3.32. The van der Waals surface area contributed by atoms with E-state index in [4.69, 9.17) is 13.9 Å². The van der Waals surface area contributed by atoms with Gasteiger partial charge in [-0.3, -0.25) is 4.90 Å². The number of carbonyl (C=O) groups excluding carboxylic acids is 1. The lowest BCUT2D eigenvalue weighted by Crippen LogP contribution is -2.46. The van der Waals surface area contributed by atoms with Crippen LogP contribution in [0.1, 0.15) is 39.5 Å². The summed E-state index contributed by atoms with van der Waals surface area (Å²) in [5.41, 5.74) is 0.501. The number of carbonyl (C=O) groups is 1. The Balaban J connectivity index is 1.51. The molecule has 2 heterocycles. The number of hydrogen-bond acceptors (Lipinski definition) is 6. The van der Waals surface area contributed by atoms with Crippen molar-refractivity contribution < 1.29 is 18.7 Å². The molecule has 1 amide bonds. The summed E-state index contributed by atoms with van der Waals surface area (Å²) in [5.74, 6) is 2.27. The zero-order chi connectivity index (χ0) is 21.0. The zero-order valence-electron chi connectivity index (χ0n) is 18.0. The van der Waals surface area contributed by atoms with Crippen LogP contribution in [-0.2, 0) is 11.3 Å². The molecule has 0 radical (unpaired) electrons. The van der Waals surface area contributed by atoms with Gasteiger partial charge in [-0.1, -0.05) is 0 Å². The molecular weight excluding hydrogens is 370 g/mol. The summed E-state index contributed by atoms with van der Waals surface area (Å²) < 4.78 is 16.6. The first kappa shape index (κ1) is 21.2. The van der Waals surface area contributed by atoms with Crippen LogP contribution in [0.5, 0.6) is 5.75 Å². The molecule has 1 fully saturated rings. The van der Waals surface area contributed by atoms with E-state index in [-0.39, 0.29) is 12.1 Å². The number of ether oxygens (including phenoxy) is 2. The predicted octanol–water partition coefficient (Wildman–Crippen LogP) is 4.18. The van der Waals surface area contributed by atoms with E-state index in [2.05, 4.69) is 9.88 Å². The summed E-state index contributed by atoms with van der Waals surface area (Å²) in [6.45, 7) is 8.10. The Labute approximate surface area is 172 Å². The fraction of sp³-hybridized carbons (Fsp3) is 0.545. The van der Waals surface area contributed by atoms with Gasteiger partial charge in [0.2, 0.25) is 5.89 Å². The number of nitrogens with zero attached hydrogens (tertiary/aromatic N) is 3. The van der Waals surface area contributed by atoms with Crippen LogP contribution in [0.3, 0.4) is 0 Å². The first-order valence-corrected chi connectivity index (χ1v) is 10.0. The second-order valence-electron chi connectivity index (χ2n) is 8.45. The third-order valence-corrected chi connectivity index (χ3v) is 5.07. The minimum atomic E-state index is -0.474. The van der Waals surface area contributed by atoms with Crippen molar-refractivity contribution in [3.05, 3.63) is 36.4 Å². The van der Waals surface area contributed by atoms with Crippen LogP contribution in [-0.4, -0.2) is 59.8 Å². The lowest BCUT2D eigenvalue weighted by molar-refractivity contribution is 0.0145. The maximum Gasteiger partial charge on any atom is 0.410 e. The van der Waals surface area contributed by atoms with E-state index in [0.717, 1.165) is 43.0 Å². The van der Waals surface area contributed by atoms with Crippen LogP contribution in [0, 0.1) is 0 Å². The molecule has 7 heteroatoms. The lowest BCUT2D eigenvalue weighted by Gasteiger charge is -2.36. The molecule has 1 aliphatic rings. The Hall–Kier alpha value is -2.54. The van der Waals surface area contributed by atoms with Crippen LogP contribution in [0.4, 0.5) is 4.79 Å². The molecule has 0 bridgehead atoms. The van der Waals surface area contributed by atoms with Gasteiger partial charge in [-0.05, 0) is 57.9 Å². The molecule has 3 rings (SSSR count). The highest BCUT2D eigenvalue weighted by Gasteiger charge is 2.29. The fourth-order valence-electron chi connectivity index (χ4n) is 3.41. The third-order valence-electron chi connectivity index (χ3n) is 5.07. The lowest BCUT2D eigenvalue weighted by atomic mass is 10.0. The molecule has 1 aliphatic heterocycles. The number of benzene rings is 1. The molecule has 1 saturated heterocycles. The van der Waals surface area contributed by atoms with Crippen LogP contribution in [0.15, 0.2) is 34.9 Å². The van der Waals surface area contributed by atoms with E-state index in [1.54, 1.807) is 18.2 Å². The summed E-state index contributed by atoms with van der Waals surface area (Å²) in [6, 6.07) is 7.93. The maximum atomic E-state index is 12.3. The van der Waals surface area contributed by atoms with Crippen molar-refractivity contribution in [2.45, 2.75) is 51.8 Å². The fourth-order valence-corrected chi connectivity index (χ4v) is 3.41. The van der Waals surface area contributed by atoms with Gasteiger partial charge < -0.3 is 18.8 Å². The molecule has 29 heavy (non-hydrogen) atoms. The minimum Gasteiger partial charge on any atom is -0.497 e. The Morgan fingerprint density at radius 3 is 2.48 bits per heavy atom. The van der Waals surface area contributed by atoms with Crippen LogP contribution < -0.4 is 4.74 Å². The first-order valence-electron chi connectivity index (χ1n) is 10.0. The Bertz CT molecular complexity index is 802. The van der Waals surface area contributed by atoms with E-state index in [1.807, 2.05) is 52.1 Å². The second kappa shape index (κ2) is 8.86. The van der Waals surface area contributed by atoms with E-state index < -0.39 is 5.60 Å². The number of hydrogen-bond donors (Lipinski definition) is 0. The van der Waals surface area contributed by atoms with Crippen molar-refractivity contribution in [2.24, 2.45) is 0 Å². The number of likely N-dealkylation sites (tertiary alicyclic amines) is 1. The number of piperidine rings is 1. The van der Waals surface area contributed by atoms with Gasteiger partial charge in [-0.2, -0.15) is 0 Å². The van der Waals surface area contributed by atoms with Gasteiger partial charge in [-0.15, -0.1) is 0 Å². The van der Waals surface area contributed by atoms with E-state index in [0.29, 0.717) is 12.4 Å². The van der Waals surface area contributed by atoms with Gasteiger partial charge in [0.1, 0.15) is 11.4 Å². The molecule has 0 spiro atoms. The van der Waals surface area contributed by atoms with Crippen LogP contribution in [0.25, 0.3) is 11.3 Å². The van der Waals surface area contributed by atoms with Crippen LogP contribution >= 0.6 is 0 Å². The van der Waals surface area contributed by atoms with Crippen molar-refractivity contribution in [3.63, 3.8) is 0 Å². The number of oxazole rings is 1. The third kappa shape index (κ3) is 5.73. The summed E-state index contributed by atoms with van der Waals surface area (Å²) in [7, 11) is 3.47. The molecule has 0 atom stereocenters. The highest BCUT2D eigenvalue weighted by atomic mass is 16.6. The average molecular weight is 402 g/mol. The smallest absolute Gasteiger partial charge is 0.410 e. The standard InChI is InChI=1S/C22H31N3O4/c1-22(2,3)29-21(26)24(4)17-10-12-25(13-11-17)15-20-23-14-19(28-20)16-6-8-18(27-5)9-7-16/h6-9,14,17H,10-13,15H2,1-5H3. The highest BCUT2D eigenvalue weighted by molar-refractivity contribution is 5.68. The number of methoxy groups -OCH3 is 1. The van der Waals surface area contributed by atoms with E-state index in [1.165, 1.54) is 0 Å². The van der Waals surface area contributed by atoms with Crippen molar-refractivity contribution in [1.82, 2.24) is 14.8 Å². The molecular formula is C22H31N3O4. The van der Waals surface area contributed by atoms with Crippen molar-refractivity contribution >= 4 is 6.09 Å². The summed E-state index contributed by atoms with van der Waals surface area (Å²) in [5, 5.41) is 0. The average Bonchev–Trinajstić information content (AvgIpc) is 3.15. The topological polar surface area (TPSA) is 68.0 Å². The van der Waals surface area contributed by atoms with E-state index >= 15 is 0 Å². The first-order chi connectivity index (χ1) is 13.7. The molecule has 158 valence electrons. The van der Waals surface area contributed by atoms with Gasteiger partial charge in [0.25, 0.3) is 0 Å². The quantitative estimate of drug-likeness (QED) is 0.749. The Kier molecular flexibility index (Phi) is 6.47. The highest BCUT2D eigenvalue weighted by Crippen LogP contribution is 2.25. The van der Waals surface area contributed by atoms with Gasteiger partial charge in [-0.25, -0.2) is 9.78 Å². The molecule has 0 saturated carbocycles. The predicted molar refractivity (Wildman–Crippen MR) is 111 cm³/mol. The van der Waals surface area contributed by atoms with E-state index in [9.17, 15) is 4.79 Å². The largest absolute Gasteiger partial charge is 0.497 e. The second-order valence-corrected chi connectivity index (χ2v) is 8.45. The molecule has 1 aromatic carbocycles. The molecule has 0 aliphatic carbocycles.